The van der Waals surface area contributed by atoms with Crippen LogP contribution in [0.3, 0.4) is 0 Å². The molecular formula is C23H26N2O4. The number of carbonyl (C=O) groups excluding carboxylic acids is 2. The highest BCUT2D eigenvalue weighted by Gasteiger charge is 2.55. The summed E-state index contributed by atoms with van der Waals surface area (Å²) in [5.41, 5.74) is 2.76. The lowest BCUT2D eigenvalue weighted by Crippen LogP contribution is -2.64. The summed E-state index contributed by atoms with van der Waals surface area (Å²) in [6, 6.07) is 13.4. The zero-order chi connectivity index (χ0) is 20.8. The van der Waals surface area contributed by atoms with Crippen LogP contribution in [0.5, 0.6) is 5.75 Å². The number of ether oxygens (including phenoxy) is 1. The molecule has 2 N–H and O–H groups in total. The predicted molar refractivity (Wildman–Crippen MR) is 110 cm³/mol. The predicted octanol–water partition coefficient (Wildman–Crippen LogP) is 2.98. The van der Waals surface area contributed by atoms with Crippen molar-refractivity contribution in [3.63, 3.8) is 0 Å². The molecule has 2 amide bonds. The highest BCUT2D eigenvalue weighted by atomic mass is 16.5. The molecule has 0 unspecified atom stereocenters. The Labute approximate surface area is 170 Å². The van der Waals surface area contributed by atoms with Crippen LogP contribution < -0.4 is 10.1 Å². The van der Waals surface area contributed by atoms with Gasteiger partial charge in [-0.15, -0.1) is 0 Å². The van der Waals surface area contributed by atoms with E-state index in [0.29, 0.717) is 17.9 Å². The topological polar surface area (TPSA) is 78.9 Å². The number of rotatable bonds is 4. The first-order chi connectivity index (χ1) is 13.8. The highest BCUT2D eigenvalue weighted by molar-refractivity contribution is 6.08. The van der Waals surface area contributed by atoms with Crippen molar-refractivity contribution in [2.45, 2.75) is 38.8 Å². The van der Waals surface area contributed by atoms with Crippen LogP contribution in [0.2, 0.25) is 0 Å². The van der Waals surface area contributed by atoms with Crippen LogP contribution in [-0.4, -0.2) is 40.7 Å². The van der Waals surface area contributed by atoms with Crippen molar-refractivity contribution in [1.29, 1.82) is 0 Å². The SMILES string of the molecule is Cc1ccc(NC(=O)[C@@H]2C(=O)N(CCO)[C@]3(C)C[C@H]2c2ccccc2O3)c(C)c1. The number of β-amino-alcohol motifs (C(OH)–C–C–N with tert-alkyl or cyclic N) is 1. The van der Waals surface area contributed by atoms with Crippen LogP contribution >= 0.6 is 0 Å². The van der Waals surface area contributed by atoms with Gasteiger partial charge in [-0.05, 0) is 44.0 Å². The van der Waals surface area contributed by atoms with E-state index in [4.69, 9.17) is 4.74 Å². The van der Waals surface area contributed by atoms with Gasteiger partial charge in [0, 0.05) is 24.6 Å². The van der Waals surface area contributed by atoms with Crippen molar-refractivity contribution in [3.05, 3.63) is 59.2 Å². The summed E-state index contributed by atoms with van der Waals surface area (Å²) in [4.78, 5) is 28.2. The highest BCUT2D eigenvalue weighted by Crippen LogP contribution is 2.50. The number of anilines is 1. The number of nitrogens with zero attached hydrogens (tertiary/aromatic N) is 1. The molecule has 0 aromatic heterocycles. The molecule has 2 bridgehead atoms. The van der Waals surface area contributed by atoms with Gasteiger partial charge in [-0.25, -0.2) is 0 Å². The van der Waals surface area contributed by atoms with Crippen molar-refractivity contribution in [2.24, 2.45) is 5.92 Å². The van der Waals surface area contributed by atoms with Gasteiger partial charge in [0.2, 0.25) is 11.8 Å². The van der Waals surface area contributed by atoms with E-state index in [1.807, 2.05) is 63.2 Å². The molecule has 2 aliphatic rings. The minimum atomic E-state index is -0.880. The number of amides is 2. The van der Waals surface area contributed by atoms with Gasteiger partial charge in [0.15, 0.2) is 5.72 Å². The Kier molecular flexibility index (Phi) is 4.82. The number of hydrogen-bond acceptors (Lipinski definition) is 4. The molecule has 6 nitrogen and oxygen atoms in total. The fourth-order valence-corrected chi connectivity index (χ4v) is 4.62. The first-order valence-electron chi connectivity index (χ1n) is 9.92. The smallest absolute Gasteiger partial charge is 0.238 e. The zero-order valence-electron chi connectivity index (χ0n) is 16.9. The Morgan fingerprint density at radius 2 is 2.03 bits per heavy atom. The van der Waals surface area contributed by atoms with Crippen LogP contribution in [0, 0.1) is 19.8 Å². The average Bonchev–Trinajstić information content (AvgIpc) is 2.67. The Bertz CT molecular complexity index is 973. The summed E-state index contributed by atoms with van der Waals surface area (Å²) in [5, 5.41) is 12.5. The molecule has 0 aliphatic carbocycles. The molecule has 152 valence electrons. The van der Waals surface area contributed by atoms with Gasteiger partial charge in [0.1, 0.15) is 11.7 Å². The second kappa shape index (κ2) is 7.19. The van der Waals surface area contributed by atoms with Crippen molar-refractivity contribution in [2.75, 3.05) is 18.5 Å². The molecule has 1 fully saturated rings. The maximum atomic E-state index is 13.4. The van der Waals surface area contributed by atoms with Gasteiger partial charge in [-0.3, -0.25) is 9.59 Å². The van der Waals surface area contributed by atoms with Crippen LogP contribution in [0.25, 0.3) is 0 Å². The number of nitrogens with one attached hydrogen (secondary N) is 1. The molecule has 2 aliphatic heterocycles. The van der Waals surface area contributed by atoms with E-state index in [2.05, 4.69) is 5.32 Å². The van der Waals surface area contributed by atoms with Crippen LogP contribution in [0.1, 0.15) is 36.0 Å². The molecule has 0 spiro atoms. The first-order valence-corrected chi connectivity index (χ1v) is 9.92. The first kappa shape index (κ1) is 19.5. The van der Waals surface area contributed by atoms with Gasteiger partial charge in [0.25, 0.3) is 0 Å². The van der Waals surface area contributed by atoms with E-state index in [-0.39, 0.29) is 30.9 Å². The van der Waals surface area contributed by atoms with E-state index < -0.39 is 11.6 Å². The Balaban J connectivity index is 1.73. The van der Waals surface area contributed by atoms with Crippen LogP contribution in [0.4, 0.5) is 5.69 Å². The lowest BCUT2D eigenvalue weighted by molar-refractivity contribution is -0.176. The molecule has 0 saturated carbocycles. The number of carbonyl (C=O) groups is 2. The number of benzene rings is 2. The summed E-state index contributed by atoms with van der Waals surface area (Å²) in [7, 11) is 0. The second-order valence-electron chi connectivity index (χ2n) is 8.12. The molecule has 2 heterocycles. The Hall–Kier alpha value is -2.86. The molecule has 4 rings (SSSR count). The van der Waals surface area contributed by atoms with Crippen LogP contribution in [0.15, 0.2) is 42.5 Å². The quantitative estimate of drug-likeness (QED) is 0.782. The zero-order valence-corrected chi connectivity index (χ0v) is 16.9. The average molecular weight is 394 g/mol. The third kappa shape index (κ3) is 3.27. The number of piperidine rings is 1. The molecule has 6 heteroatoms. The summed E-state index contributed by atoms with van der Waals surface area (Å²) in [6.45, 7) is 5.71. The maximum absolute atomic E-state index is 13.4. The Morgan fingerprint density at radius 1 is 1.28 bits per heavy atom. The van der Waals surface area contributed by atoms with Gasteiger partial charge < -0.3 is 20.1 Å². The molecule has 2 aromatic rings. The normalized spacial score (nSPS) is 25.2. The standard InChI is InChI=1S/C23H26N2O4/c1-14-8-9-18(15(2)12-14)24-21(27)20-17-13-23(3,25(10-11-26)22(20)28)29-19-7-5-4-6-16(17)19/h4-9,12,17,20,26H,10-11,13H2,1-3H3,(H,24,27)/t17-,20+,23-/m0/s1. The monoisotopic (exact) mass is 394 g/mol. The summed E-state index contributed by atoms with van der Waals surface area (Å²) in [5.74, 6) is -1.10. The van der Waals surface area contributed by atoms with Gasteiger partial charge in [-0.2, -0.15) is 0 Å². The number of fused-ring (bicyclic) bond motifs is 4. The van der Waals surface area contributed by atoms with E-state index in [1.54, 1.807) is 0 Å². The number of aryl methyl sites for hydroxylation is 2. The molecule has 0 radical (unpaired) electrons. The number of hydrogen-bond donors (Lipinski definition) is 2. The van der Waals surface area contributed by atoms with Gasteiger partial charge in [0.05, 0.1) is 6.61 Å². The molecule has 29 heavy (non-hydrogen) atoms. The van der Waals surface area contributed by atoms with Crippen molar-refractivity contribution in [3.8, 4) is 5.75 Å². The largest absolute Gasteiger partial charge is 0.468 e. The summed E-state index contributed by atoms with van der Waals surface area (Å²) >= 11 is 0. The lowest BCUT2D eigenvalue weighted by atomic mass is 9.73. The van der Waals surface area contributed by atoms with Gasteiger partial charge in [-0.1, -0.05) is 35.9 Å². The number of aliphatic hydroxyl groups excluding tert-OH is 1. The molecular weight excluding hydrogens is 368 g/mol. The van der Waals surface area contributed by atoms with E-state index in [1.165, 1.54) is 4.90 Å². The number of likely N-dealkylation sites (tertiary alicyclic amines) is 1. The van der Waals surface area contributed by atoms with E-state index in [0.717, 1.165) is 16.7 Å². The van der Waals surface area contributed by atoms with E-state index >= 15 is 0 Å². The van der Waals surface area contributed by atoms with Crippen molar-refractivity contribution < 1.29 is 19.4 Å². The minimum Gasteiger partial charge on any atom is -0.468 e. The van der Waals surface area contributed by atoms with Crippen molar-refractivity contribution in [1.82, 2.24) is 4.90 Å². The second-order valence-corrected chi connectivity index (χ2v) is 8.12. The number of para-hydroxylation sites is 1. The maximum Gasteiger partial charge on any atom is 0.238 e. The molecule has 3 atom stereocenters. The molecule has 1 saturated heterocycles. The third-order valence-corrected chi connectivity index (χ3v) is 6.00. The third-order valence-electron chi connectivity index (χ3n) is 6.00. The fraction of sp³-hybridized carbons (Fsp3) is 0.391. The van der Waals surface area contributed by atoms with Crippen LogP contribution in [-0.2, 0) is 9.59 Å². The summed E-state index contributed by atoms with van der Waals surface area (Å²) in [6.07, 6.45) is 0.501. The number of aliphatic hydroxyl groups is 1. The van der Waals surface area contributed by atoms with Gasteiger partial charge >= 0.3 is 0 Å². The Morgan fingerprint density at radius 3 is 2.76 bits per heavy atom. The fourth-order valence-electron chi connectivity index (χ4n) is 4.62. The van der Waals surface area contributed by atoms with E-state index in [9.17, 15) is 14.7 Å². The minimum absolute atomic E-state index is 0.123. The summed E-state index contributed by atoms with van der Waals surface area (Å²) < 4.78 is 6.17. The van der Waals surface area contributed by atoms with Crippen molar-refractivity contribution >= 4 is 17.5 Å². The lowest BCUT2D eigenvalue weighted by Gasteiger charge is -2.52. The molecule has 2 aromatic carbocycles.